The van der Waals surface area contributed by atoms with Crippen LogP contribution in [0, 0.1) is 5.92 Å². The van der Waals surface area contributed by atoms with Crippen molar-refractivity contribution in [1.29, 1.82) is 0 Å². The lowest BCUT2D eigenvalue weighted by atomic mass is 9.98. The van der Waals surface area contributed by atoms with E-state index in [1.807, 2.05) is 23.1 Å². The summed E-state index contributed by atoms with van der Waals surface area (Å²) >= 11 is 8.05. The maximum Gasteiger partial charge on any atom is 0.226 e. The minimum absolute atomic E-state index is 0.108. The predicted molar refractivity (Wildman–Crippen MR) is 115 cm³/mol. The molecular formula is C22H28ClN3OS. The lowest BCUT2D eigenvalue weighted by Crippen LogP contribution is -2.48. The van der Waals surface area contributed by atoms with Gasteiger partial charge >= 0.3 is 0 Å². The van der Waals surface area contributed by atoms with E-state index in [0.29, 0.717) is 11.8 Å². The van der Waals surface area contributed by atoms with Gasteiger partial charge in [0.25, 0.3) is 0 Å². The van der Waals surface area contributed by atoms with Crippen molar-refractivity contribution < 1.29 is 4.79 Å². The monoisotopic (exact) mass is 417 g/mol. The van der Waals surface area contributed by atoms with Crippen molar-refractivity contribution >= 4 is 28.8 Å². The van der Waals surface area contributed by atoms with Gasteiger partial charge in [-0.15, -0.1) is 11.3 Å². The van der Waals surface area contributed by atoms with Crippen molar-refractivity contribution in [3.63, 3.8) is 0 Å². The Morgan fingerprint density at radius 1 is 1.21 bits per heavy atom. The number of rotatable bonds is 4. The summed E-state index contributed by atoms with van der Waals surface area (Å²) < 4.78 is 0. The van der Waals surface area contributed by atoms with Crippen LogP contribution >= 0.6 is 22.9 Å². The Bertz CT molecular complexity index is 851. The molecule has 4 rings (SSSR count). The standard InChI is InChI=1S/C22H28ClN3OS/c1-22(2,3)21-24-15(14-28-21)13-25-8-10-26(11-9-25)20(27)18-12-17(18)16-6-4-5-7-19(16)23/h4-7,14,17-18H,8-13H2,1-3H3. The van der Waals surface area contributed by atoms with Crippen molar-refractivity contribution in [2.24, 2.45) is 5.92 Å². The van der Waals surface area contributed by atoms with Crippen molar-refractivity contribution in [2.75, 3.05) is 26.2 Å². The van der Waals surface area contributed by atoms with Gasteiger partial charge in [-0.25, -0.2) is 4.98 Å². The quantitative estimate of drug-likeness (QED) is 0.732. The van der Waals surface area contributed by atoms with Crippen LogP contribution in [-0.4, -0.2) is 46.9 Å². The summed E-state index contributed by atoms with van der Waals surface area (Å²) in [6.45, 7) is 10.9. The largest absolute Gasteiger partial charge is 0.340 e. The third kappa shape index (κ3) is 4.27. The van der Waals surface area contributed by atoms with E-state index >= 15 is 0 Å². The van der Waals surface area contributed by atoms with Gasteiger partial charge in [-0.1, -0.05) is 50.6 Å². The molecule has 0 N–H and O–H groups in total. The molecule has 0 bridgehead atoms. The Kier molecular flexibility index (Phi) is 5.51. The van der Waals surface area contributed by atoms with Gasteiger partial charge < -0.3 is 4.90 Å². The Labute approximate surface area is 176 Å². The van der Waals surface area contributed by atoms with E-state index < -0.39 is 0 Å². The number of benzene rings is 1. The highest BCUT2D eigenvalue weighted by Gasteiger charge is 2.46. The number of hydrogen-bond donors (Lipinski definition) is 0. The topological polar surface area (TPSA) is 36.4 Å². The zero-order chi connectivity index (χ0) is 19.9. The summed E-state index contributed by atoms with van der Waals surface area (Å²) in [4.78, 5) is 22.1. The summed E-state index contributed by atoms with van der Waals surface area (Å²) in [5.74, 6) is 0.706. The van der Waals surface area contributed by atoms with E-state index in [2.05, 4.69) is 37.1 Å². The zero-order valence-electron chi connectivity index (χ0n) is 16.8. The van der Waals surface area contributed by atoms with Gasteiger partial charge in [-0.2, -0.15) is 0 Å². The van der Waals surface area contributed by atoms with Crippen molar-refractivity contribution in [2.45, 2.75) is 45.1 Å². The third-order valence-corrected chi connectivity index (χ3v) is 7.34. The molecule has 2 aromatic rings. The molecule has 1 aromatic carbocycles. The van der Waals surface area contributed by atoms with Crippen molar-refractivity contribution in [1.82, 2.24) is 14.8 Å². The van der Waals surface area contributed by atoms with Gasteiger partial charge in [0.2, 0.25) is 5.91 Å². The fourth-order valence-electron chi connectivity index (χ4n) is 3.90. The summed E-state index contributed by atoms with van der Waals surface area (Å²) in [5, 5.41) is 4.15. The van der Waals surface area contributed by atoms with E-state index in [1.165, 1.54) is 5.01 Å². The van der Waals surface area contributed by atoms with Gasteiger partial charge in [0.15, 0.2) is 0 Å². The van der Waals surface area contributed by atoms with Crippen LogP contribution in [0.3, 0.4) is 0 Å². The van der Waals surface area contributed by atoms with E-state index in [9.17, 15) is 4.79 Å². The number of carbonyl (C=O) groups excluding carboxylic acids is 1. The van der Waals surface area contributed by atoms with E-state index in [1.54, 1.807) is 11.3 Å². The Balaban J connectivity index is 1.28. The maximum absolute atomic E-state index is 12.9. The first-order valence-corrected chi connectivity index (χ1v) is 11.3. The lowest BCUT2D eigenvalue weighted by molar-refractivity contribution is -0.134. The van der Waals surface area contributed by atoms with Crippen LogP contribution < -0.4 is 0 Å². The number of thiazole rings is 1. The predicted octanol–water partition coefficient (Wildman–Crippen LogP) is 4.54. The van der Waals surface area contributed by atoms with E-state index in [4.69, 9.17) is 16.6 Å². The van der Waals surface area contributed by atoms with E-state index in [0.717, 1.165) is 55.4 Å². The fraction of sp³-hybridized carbons (Fsp3) is 0.545. The number of halogens is 1. The Morgan fingerprint density at radius 2 is 1.93 bits per heavy atom. The number of piperazine rings is 1. The highest BCUT2D eigenvalue weighted by atomic mass is 35.5. The molecule has 2 fully saturated rings. The molecule has 1 aliphatic carbocycles. The van der Waals surface area contributed by atoms with Crippen LogP contribution in [-0.2, 0) is 16.8 Å². The molecule has 1 saturated heterocycles. The first-order valence-electron chi connectivity index (χ1n) is 10.0. The van der Waals surface area contributed by atoms with Crippen LogP contribution in [0.25, 0.3) is 0 Å². The zero-order valence-corrected chi connectivity index (χ0v) is 18.4. The van der Waals surface area contributed by atoms with Gasteiger partial charge in [0.1, 0.15) is 0 Å². The highest BCUT2D eigenvalue weighted by Crippen LogP contribution is 2.50. The molecule has 0 spiro atoms. The van der Waals surface area contributed by atoms with Crippen molar-refractivity contribution in [3.8, 4) is 0 Å². The summed E-state index contributed by atoms with van der Waals surface area (Å²) in [6, 6.07) is 7.91. The second-order valence-electron chi connectivity index (χ2n) is 8.97. The fourth-order valence-corrected chi connectivity index (χ4v) is 5.08. The molecule has 1 aliphatic heterocycles. The molecule has 1 saturated carbocycles. The van der Waals surface area contributed by atoms with Crippen LogP contribution in [0.2, 0.25) is 5.02 Å². The first kappa shape index (κ1) is 19.9. The molecule has 28 heavy (non-hydrogen) atoms. The van der Waals surface area contributed by atoms with E-state index in [-0.39, 0.29) is 11.3 Å². The normalized spacial score (nSPS) is 23.1. The Hall–Kier alpha value is -1.43. The maximum atomic E-state index is 12.9. The molecule has 150 valence electrons. The second kappa shape index (κ2) is 7.77. The molecule has 2 heterocycles. The SMILES string of the molecule is CC(C)(C)c1nc(CN2CCN(C(=O)C3CC3c3ccccc3Cl)CC2)cs1. The molecule has 0 radical (unpaired) electrons. The molecular weight excluding hydrogens is 390 g/mol. The summed E-state index contributed by atoms with van der Waals surface area (Å²) in [7, 11) is 0. The van der Waals surface area contributed by atoms with Gasteiger partial charge in [-0.05, 0) is 24.0 Å². The molecule has 4 nitrogen and oxygen atoms in total. The van der Waals surface area contributed by atoms with Crippen molar-refractivity contribution in [3.05, 3.63) is 50.9 Å². The number of hydrogen-bond acceptors (Lipinski definition) is 4. The smallest absolute Gasteiger partial charge is 0.226 e. The number of carbonyl (C=O) groups is 1. The lowest BCUT2D eigenvalue weighted by Gasteiger charge is -2.34. The molecule has 2 aliphatic rings. The Morgan fingerprint density at radius 3 is 2.57 bits per heavy atom. The minimum Gasteiger partial charge on any atom is -0.340 e. The number of nitrogens with zero attached hydrogens (tertiary/aromatic N) is 3. The summed E-state index contributed by atoms with van der Waals surface area (Å²) in [6.07, 6.45) is 0.928. The van der Waals surface area contributed by atoms with Crippen LogP contribution in [0.15, 0.2) is 29.6 Å². The minimum atomic E-state index is 0.108. The summed E-state index contributed by atoms with van der Waals surface area (Å²) in [5.41, 5.74) is 2.38. The molecule has 2 unspecified atom stereocenters. The molecule has 1 amide bonds. The average Bonchev–Trinajstić information content (AvgIpc) is 3.30. The van der Waals surface area contributed by atoms with Gasteiger partial charge in [0, 0.05) is 54.5 Å². The third-order valence-electron chi connectivity index (χ3n) is 5.68. The number of aromatic nitrogens is 1. The van der Waals surface area contributed by atoms with Gasteiger partial charge in [-0.3, -0.25) is 9.69 Å². The number of amides is 1. The van der Waals surface area contributed by atoms with Crippen LogP contribution in [0.4, 0.5) is 0 Å². The van der Waals surface area contributed by atoms with Crippen LogP contribution in [0.1, 0.15) is 49.4 Å². The molecule has 1 aromatic heterocycles. The average molecular weight is 418 g/mol. The van der Waals surface area contributed by atoms with Crippen LogP contribution in [0.5, 0.6) is 0 Å². The molecule has 6 heteroatoms. The second-order valence-corrected chi connectivity index (χ2v) is 10.2. The highest BCUT2D eigenvalue weighted by molar-refractivity contribution is 7.09. The van der Waals surface area contributed by atoms with Gasteiger partial charge in [0.05, 0.1) is 10.7 Å². The first-order chi connectivity index (χ1) is 13.3. The molecule has 2 atom stereocenters.